The normalized spacial score (nSPS) is 20.1. The number of benzene rings is 1. The Morgan fingerprint density at radius 1 is 1.23 bits per heavy atom. The highest BCUT2D eigenvalue weighted by Crippen LogP contribution is 2.21. The van der Waals surface area contributed by atoms with Gasteiger partial charge in [-0.15, -0.1) is 0 Å². The molecule has 0 spiro atoms. The van der Waals surface area contributed by atoms with Crippen LogP contribution in [0.2, 0.25) is 0 Å². The zero-order valence-electron chi connectivity index (χ0n) is 17.9. The van der Waals surface area contributed by atoms with E-state index in [2.05, 4.69) is 10.4 Å². The summed E-state index contributed by atoms with van der Waals surface area (Å²) in [5, 5.41) is 6.80. The number of rotatable bonds is 6. The van der Waals surface area contributed by atoms with Gasteiger partial charge in [0.25, 0.3) is 5.91 Å². The number of hydrogen-bond acceptors (Lipinski definition) is 5. The molecule has 1 amide bonds. The highest BCUT2D eigenvalue weighted by Gasteiger charge is 2.31. The number of morpholine rings is 1. The molecule has 1 aromatic carbocycles. The second-order valence-corrected chi connectivity index (χ2v) is 9.79. The molecule has 0 bridgehead atoms. The summed E-state index contributed by atoms with van der Waals surface area (Å²) >= 11 is 0. The van der Waals surface area contributed by atoms with Crippen LogP contribution in [-0.2, 0) is 14.8 Å². The molecule has 11 heteroatoms. The Kier molecular flexibility index (Phi) is 6.77. The third-order valence-corrected chi connectivity index (χ3v) is 6.89. The highest BCUT2D eigenvalue weighted by molar-refractivity contribution is 7.89. The number of ether oxygens (including phenoxy) is 1. The topological polar surface area (TPSA) is 93.5 Å². The number of carbonyl (C=O) groups is 1. The summed E-state index contributed by atoms with van der Waals surface area (Å²) in [5.74, 6) is -2.29. The van der Waals surface area contributed by atoms with Crippen LogP contribution in [0.1, 0.15) is 35.6 Å². The second kappa shape index (κ2) is 9.01. The summed E-state index contributed by atoms with van der Waals surface area (Å²) in [6.07, 6.45) is -0.396. The van der Waals surface area contributed by atoms with Crippen molar-refractivity contribution in [2.75, 3.05) is 25.4 Å². The molecule has 8 nitrogen and oxygen atoms in total. The number of sulfonamides is 1. The molecule has 170 valence electrons. The van der Waals surface area contributed by atoms with Crippen LogP contribution in [0.25, 0.3) is 5.69 Å². The Morgan fingerprint density at radius 2 is 1.87 bits per heavy atom. The zero-order chi connectivity index (χ0) is 22.9. The molecular weight excluding hydrogens is 430 g/mol. The van der Waals surface area contributed by atoms with Gasteiger partial charge in [0.15, 0.2) is 5.82 Å². The summed E-state index contributed by atoms with van der Waals surface area (Å²) in [5.41, 5.74) is 0.936. The van der Waals surface area contributed by atoms with Crippen molar-refractivity contribution in [3.63, 3.8) is 0 Å². The van der Waals surface area contributed by atoms with Gasteiger partial charge < -0.3 is 10.1 Å². The lowest BCUT2D eigenvalue weighted by Crippen LogP contribution is -2.49. The van der Waals surface area contributed by atoms with E-state index in [4.69, 9.17) is 4.74 Å². The number of halogens is 2. The number of aromatic nitrogens is 2. The van der Waals surface area contributed by atoms with Crippen molar-refractivity contribution >= 4 is 15.9 Å². The molecule has 0 aliphatic carbocycles. The van der Waals surface area contributed by atoms with Crippen LogP contribution in [0.15, 0.2) is 18.2 Å². The van der Waals surface area contributed by atoms with Crippen LogP contribution in [-0.4, -0.2) is 66.0 Å². The van der Waals surface area contributed by atoms with Crippen molar-refractivity contribution in [2.45, 2.75) is 39.9 Å². The Balaban J connectivity index is 1.69. The molecule has 1 fully saturated rings. The number of carbonyl (C=O) groups excluding carboxylic acids is 1. The van der Waals surface area contributed by atoms with Gasteiger partial charge in [0, 0.05) is 25.7 Å². The van der Waals surface area contributed by atoms with Gasteiger partial charge in [-0.05, 0) is 39.8 Å². The SMILES string of the molecule is Cc1nn(-c2ccc(F)cc2F)c(C)c1C(=O)NCCS(=O)(=O)N1CC(C)OC(C)C1. The van der Waals surface area contributed by atoms with E-state index in [0.29, 0.717) is 11.4 Å². The van der Waals surface area contributed by atoms with E-state index in [1.165, 1.54) is 15.1 Å². The molecule has 1 aliphatic heterocycles. The Labute approximate surface area is 180 Å². The number of nitrogens with zero attached hydrogens (tertiary/aromatic N) is 3. The summed E-state index contributed by atoms with van der Waals surface area (Å²) < 4.78 is 60.7. The molecule has 0 radical (unpaired) electrons. The zero-order valence-corrected chi connectivity index (χ0v) is 18.7. The number of aryl methyl sites for hydroxylation is 1. The van der Waals surface area contributed by atoms with Crippen molar-refractivity contribution in [1.29, 1.82) is 0 Å². The third kappa shape index (κ3) is 5.10. The van der Waals surface area contributed by atoms with Gasteiger partial charge in [-0.2, -0.15) is 9.40 Å². The fourth-order valence-corrected chi connectivity index (χ4v) is 5.22. The van der Waals surface area contributed by atoms with Crippen molar-refractivity contribution in [3.05, 3.63) is 46.8 Å². The Hall–Kier alpha value is -2.37. The third-order valence-electron chi connectivity index (χ3n) is 5.08. The largest absolute Gasteiger partial charge is 0.373 e. The molecule has 2 heterocycles. The summed E-state index contributed by atoms with van der Waals surface area (Å²) in [6.45, 7) is 7.26. The van der Waals surface area contributed by atoms with Crippen molar-refractivity contribution in [3.8, 4) is 5.69 Å². The first-order valence-electron chi connectivity index (χ1n) is 9.92. The summed E-state index contributed by atoms with van der Waals surface area (Å²) in [7, 11) is -3.56. The van der Waals surface area contributed by atoms with Crippen molar-refractivity contribution < 1.29 is 26.7 Å². The first kappa shape index (κ1) is 23.3. The van der Waals surface area contributed by atoms with Gasteiger partial charge >= 0.3 is 0 Å². The first-order chi connectivity index (χ1) is 14.5. The standard InChI is InChI=1S/C20H26F2N4O4S/c1-12-10-25(11-13(2)30-12)31(28,29)8-7-23-20(27)19-14(3)24-26(15(19)4)18-6-5-16(21)9-17(18)22/h5-6,9,12-13H,7-8,10-11H2,1-4H3,(H,23,27). The van der Waals surface area contributed by atoms with Crippen molar-refractivity contribution in [2.24, 2.45) is 0 Å². The van der Waals surface area contributed by atoms with Crippen LogP contribution < -0.4 is 5.32 Å². The minimum Gasteiger partial charge on any atom is -0.373 e. The highest BCUT2D eigenvalue weighted by atomic mass is 32.2. The molecule has 1 aliphatic rings. The second-order valence-electron chi connectivity index (χ2n) is 7.70. The molecule has 2 atom stereocenters. The average Bonchev–Trinajstić information content (AvgIpc) is 2.95. The fraction of sp³-hybridized carbons (Fsp3) is 0.500. The molecular formula is C20H26F2N4O4S. The maximum Gasteiger partial charge on any atom is 0.255 e. The minimum absolute atomic E-state index is 0.0131. The van der Waals surface area contributed by atoms with E-state index in [1.54, 1.807) is 13.8 Å². The monoisotopic (exact) mass is 456 g/mol. The quantitative estimate of drug-likeness (QED) is 0.717. The predicted octanol–water partition coefficient (Wildman–Crippen LogP) is 1.94. The number of hydrogen-bond donors (Lipinski definition) is 1. The van der Waals surface area contributed by atoms with Gasteiger partial charge in [0.1, 0.15) is 11.5 Å². The van der Waals surface area contributed by atoms with Gasteiger partial charge in [-0.3, -0.25) is 4.79 Å². The molecule has 0 saturated carbocycles. The van der Waals surface area contributed by atoms with Crippen molar-refractivity contribution in [1.82, 2.24) is 19.4 Å². The molecule has 3 rings (SSSR count). The minimum atomic E-state index is -3.56. The lowest BCUT2D eigenvalue weighted by atomic mass is 10.2. The van der Waals surface area contributed by atoms with Gasteiger partial charge in [0.2, 0.25) is 10.0 Å². The van der Waals surface area contributed by atoms with E-state index in [-0.39, 0.29) is 48.8 Å². The predicted molar refractivity (Wildman–Crippen MR) is 111 cm³/mol. The van der Waals surface area contributed by atoms with E-state index < -0.39 is 27.6 Å². The van der Waals surface area contributed by atoms with Crippen LogP contribution in [0.5, 0.6) is 0 Å². The number of nitrogens with one attached hydrogen (secondary N) is 1. The number of amides is 1. The molecule has 1 aromatic heterocycles. The molecule has 1 N–H and O–H groups in total. The lowest BCUT2D eigenvalue weighted by molar-refractivity contribution is -0.0440. The first-order valence-corrected chi connectivity index (χ1v) is 11.5. The maximum absolute atomic E-state index is 14.1. The Morgan fingerprint density at radius 3 is 2.48 bits per heavy atom. The van der Waals surface area contributed by atoms with Crippen LogP contribution in [0.4, 0.5) is 8.78 Å². The van der Waals surface area contributed by atoms with E-state index in [9.17, 15) is 22.0 Å². The lowest BCUT2D eigenvalue weighted by Gasteiger charge is -2.34. The van der Waals surface area contributed by atoms with E-state index in [1.807, 2.05) is 13.8 Å². The molecule has 1 saturated heterocycles. The van der Waals surface area contributed by atoms with E-state index >= 15 is 0 Å². The maximum atomic E-state index is 14.1. The van der Waals surface area contributed by atoms with Crippen LogP contribution >= 0.6 is 0 Å². The Bertz CT molecular complexity index is 1080. The summed E-state index contributed by atoms with van der Waals surface area (Å²) in [6, 6.07) is 3.08. The molecule has 2 unspecified atom stereocenters. The molecule has 2 aromatic rings. The molecule has 31 heavy (non-hydrogen) atoms. The van der Waals surface area contributed by atoms with Gasteiger partial charge in [-0.25, -0.2) is 21.9 Å². The van der Waals surface area contributed by atoms with Crippen LogP contribution in [0, 0.1) is 25.5 Å². The fourth-order valence-electron chi connectivity index (χ4n) is 3.73. The van der Waals surface area contributed by atoms with E-state index in [0.717, 1.165) is 12.1 Å². The average molecular weight is 457 g/mol. The summed E-state index contributed by atoms with van der Waals surface area (Å²) in [4.78, 5) is 12.7. The smallest absolute Gasteiger partial charge is 0.255 e. The van der Waals surface area contributed by atoms with Crippen LogP contribution in [0.3, 0.4) is 0 Å². The van der Waals surface area contributed by atoms with Gasteiger partial charge in [-0.1, -0.05) is 0 Å². The van der Waals surface area contributed by atoms with Gasteiger partial charge in [0.05, 0.1) is 34.9 Å².